The third-order valence-corrected chi connectivity index (χ3v) is 2.33. The zero-order valence-corrected chi connectivity index (χ0v) is 9.97. The number of anilines is 1. The summed E-state index contributed by atoms with van der Waals surface area (Å²) in [5.41, 5.74) is 0. The van der Waals surface area contributed by atoms with E-state index in [9.17, 15) is 4.79 Å². The number of amides is 1. The molecule has 0 fully saturated rings. The van der Waals surface area contributed by atoms with Crippen LogP contribution < -0.4 is 5.32 Å². The van der Waals surface area contributed by atoms with Crippen molar-refractivity contribution >= 4 is 22.4 Å². The molecule has 6 heteroatoms. The fourth-order valence-electron chi connectivity index (χ4n) is 0.962. The molecule has 1 aromatic rings. The maximum atomic E-state index is 11.4. The SMILES string of the molecule is CN(C)CC(=O)Nc1ncc(C#CCO)s1. The van der Waals surface area contributed by atoms with Gasteiger partial charge < -0.3 is 15.3 Å². The van der Waals surface area contributed by atoms with E-state index in [4.69, 9.17) is 5.11 Å². The topological polar surface area (TPSA) is 65.5 Å². The van der Waals surface area contributed by atoms with E-state index in [0.29, 0.717) is 16.6 Å². The summed E-state index contributed by atoms with van der Waals surface area (Å²) in [5, 5.41) is 11.7. The Hall–Kier alpha value is -1.42. The van der Waals surface area contributed by atoms with Gasteiger partial charge in [0.25, 0.3) is 0 Å². The number of carbonyl (C=O) groups excluding carboxylic acids is 1. The van der Waals surface area contributed by atoms with Crippen LogP contribution in [-0.2, 0) is 4.79 Å². The average molecular weight is 239 g/mol. The van der Waals surface area contributed by atoms with Crippen molar-refractivity contribution in [2.75, 3.05) is 32.6 Å². The molecule has 0 aliphatic rings. The summed E-state index contributed by atoms with van der Waals surface area (Å²) in [6.45, 7) is 0.136. The van der Waals surface area contributed by atoms with E-state index in [0.717, 1.165) is 0 Å². The fraction of sp³-hybridized carbons (Fsp3) is 0.400. The smallest absolute Gasteiger partial charge is 0.240 e. The Morgan fingerprint density at radius 3 is 3.06 bits per heavy atom. The minimum atomic E-state index is -0.180. The Balaban J connectivity index is 2.55. The molecule has 1 heterocycles. The van der Waals surface area contributed by atoms with Crippen LogP contribution in [0.1, 0.15) is 4.88 Å². The molecular formula is C10H13N3O2S. The van der Waals surface area contributed by atoms with Crippen molar-refractivity contribution in [1.29, 1.82) is 0 Å². The number of aliphatic hydroxyl groups excluding tert-OH is 1. The van der Waals surface area contributed by atoms with Crippen LogP contribution >= 0.6 is 11.3 Å². The van der Waals surface area contributed by atoms with Gasteiger partial charge in [-0.3, -0.25) is 4.79 Å². The van der Waals surface area contributed by atoms with Gasteiger partial charge in [-0.25, -0.2) is 4.98 Å². The number of hydrogen-bond donors (Lipinski definition) is 2. The Kier molecular flexibility index (Phi) is 4.92. The van der Waals surface area contributed by atoms with Crippen molar-refractivity contribution in [2.45, 2.75) is 0 Å². The molecule has 16 heavy (non-hydrogen) atoms. The third-order valence-electron chi connectivity index (χ3n) is 1.50. The monoisotopic (exact) mass is 239 g/mol. The molecule has 86 valence electrons. The first-order valence-electron chi connectivity index (χ1n) is 4.62. The number of hydrogen-bond acceptors (Lipinski definition) is 5. The van der Waals surface area contributed by atoms with Crippen LogP contribution in [0.15, 0.2) is 6.20 Å². The maximum absolute atomic E-state index is 11.4. The predicted octanol–water partition coefficient (Wildman–Crippen LogP) is -0.0130. The van der Waals surface area contributed by atoms with Crippen molar-refractivity contribution in [3.05, 3.63) is 11.1 Å². The lowest BCUT2D eigenvalue weighted by molar-refractivity contribution is -0.116. The molecule has 1 amide bonds. The normalized spacial score (nSPS) is 9.75. The van der Waals surface area contributed by atoms with Crippen LogP contribution in [0.3, 0.4) is 0 Å². The number of thiazole rings is 1. The number of carbonyl (C=O) groups is 1. The van der Waals surface area contributed by atoms with E-state index in [-0.39, 0.29) is 12.5 Å². The lowest BCUT2D eigenvalue weighted by atomic mass is 10.5. The molecule has 5 nitrogen and oxygen atoms in total. The van der Waals surface area contributed by atoms with Crippen molar-refractivity contribution < 1.29 is 9.90 Å². The minimum Gasteiger partial charge on any atom is -0.384 e. The Morgan fingerprint density at radius 2 is 2.44 bits per heavy atom. The summed E-state index contributed by atoms with van der Waals surface area (Å²) in [6.07, 6.45) is 1.57. The molecule has 1 aromatic heterocycles. The molecule has 0 saturated carbocycles. The number of nitrogens with one attached hydrogen (secondary N) is 1. The van der Waals surface area contributed by atoms with Crippen molar-refractivity contribution in [3.63, 3.8) is 0 Å². The number of aromatic nitrogens is 1. The fourth-order valence-corrected chi connectivity index (χ4v) is 1.67. The van der Waals surface area contributed by atoms with Crippen LogP contribution in [0.5, 0.6) is 0 Å². The number of aliphatic hydroxyl groups is 1. The minimum absolute atomic E-state index is 0.110. The molecule has 0 aliphatic heterocycles. The highest BCUT2D eigenvalue weighted by Gasteiger charge is 2.06. The van der Waals surface area contributed by atoms with Crippen LogP contribution in [0.4, 0.5) is 5.13 Å². The number of likely N-dealkylation sites (N-methyl/N-ethyl adjacent to an activating group) is 1. The van der Waals surface area contributed by atoms with Crippen LogP contribution in [0.2, 0.25) is 0 Å². The quantitative estimate of drug-likeness (QED) is 0.728. The summed E-state index contributed by atoms with van der Waals surface area (Å²) >= 11 is 1.28. The zero-order valence-electron chi connectivity index (χ0n) is 9.15. The molecule has 0 saturated heterocycles. The first kappa shape index (κ1) is 12.6. The molecule has 1 rings (SSSR count). The van der Waals surface area contributed by atoms with Gasteiger partial charge in [-0.2, -0.15) is 0 Å². The van der Waals surface area contributed by atoms with Gasteiger partial charge >= 0.3 is 0 Å². The van der Waals surface area contributed by atoms with Crippen LogP contribution in [-0.4, -0.2) is 48.1 Å². The standard InChI is InChI=1S/C10H13N3O2S/c1-13(2)7-9(15)12-10-11-6-8(16-10)4-3-5-14/h6,14H,5,7H2,1-2H3,(H,11,12,15). The predicted molar refractivity (Wildman–Crippen MR) is 63.3 cm³/mol. The van der Waals surface area contributed by atoms with E-state index in [1.807, 2.05) is 14.1 Å². The molecule has 2 N–H and O–H groups in total. The molecule has 0 atom stereocenters. The number of rotatable bonds is 3. The highest BCUT2D eigenvalue weighted by Crippen LogP contribution is 2.16. The second-order valence-corrected chi connectivity index (χ2v) is 4.31. The van der Waals surface area contributed by atoms with Gasteiger partial charge in [-0.1, -0.05) is 23.2 Å². The summed E-state index contributed by atoms with van der Waals surface area (Å²) in [4.78, 5) is 17.9. The maximum Gasteiger partial charge on any atom is 0.240 e. The van der Waals surface area contributed by atoms with Crippen molar-refractivity contribution in [2.24, 2.45) is 0 Å². The second kappa shape index (κ2) is 6.23. The highest BCUT2D eigenvalue weighted by molar-refractivity contribution is 7.16. The Bertz CT molecular complexity index is 417. The summed E-state index contributed by atoms with van der Waals surface area (Å²) in [6, 6.07) is 0. The van der Waals surface area contributed by atoms with Gasteiger partial charge in [-0.05, 0) is 14.1 Å². The Labute approximate surface area is 98.1 Å². The largest absolute Gasteiger partial charge is 0.384 e. The van der Waals surface area contributed by atoms with Crippen molar-refractivity contribution in [3.8, 4) is 11.8 Å². The summed E-state index contributed by atoms with van der Waals surface area (Å²) in [5.74, 6) is 5.13. The lowest BCUT2D eigenvalue weighted by Crippen LogP contribution is -2.26. The van der Waals surface area contributed by atoms with E-state index >= 15 is 0 Å². The van der Waals surface area contributed by atoms with E-state index in [1.165, 1.54) is 11.3 Å². The van der Waals surface area contributed by atoms with Gasteiger partial charge in [0.05, 0.1) is 17.6 Å². The zero-order chi connectivity index (χ0) is 12.0. The van der Waals surface area contributed by atoms with Gasteiger partial charge in [0.2, 0.25) is 5.91 Å². The van der Waals surface area contributed by atoms with Gasteiger partial charge in [0, 0.05) is 0 Å². The molecule has 0 radical (unpaired) electrons. The van der Waals surface area contributed by atoms with Gasteiger partial charge in [0.1, 0.15) is 6.61 Å². The lowest BCUT2D eigenvalue weighted by Gasteiger charge is -2.07. The molecular weight excluding hydrogens is 226 g/mol. The van der Waals surface area contributed by atoms with Crippen LogP contribution in [0, 0.1) is 11.8 Å². The third kappa shape index (κ3) is 4.40. The molecule has 0 unspecified atom stereocenters. The number of nitrogens with zero attached hydrogens (tertiary/aromatic N) is 2. The first-order valence-corrected chi connectivity index (χ1v) is 5.43. The molecule has 0 bridgehead atoms. The Morgan fingerprint density at radius 1 is 1.69 bits per heavy atom. The second-order valence-electron chi connectivity index (χ2n) is 3.28. The van der Waals surface area contributed by atoms with Gasteiger partial charge in [0.15, 0.2) is 5.13 Å². The highest BCUT2D eigenvalue weighted by atomic mass is 32.1. The van der Waals surface area contributed by atoms with E-state index < -0.39 is 0 Å². The molecule has 0 aromatic carbocycles. The summed E-state index contributed by atoms with van der Waals surface area (Å²) in [7, 11) is 3.64. The molecule has 0 spiro atoms. The van der Waals surface area contributed by atoms with Gasteiger partial charge in [-0.15, -0.1) is 0 Å². The molecule has 0 aliphatic carbocycles. The van der Waals surface area contributed by atoms with Crippen LogP contribution in [0.25, 0.3) is 0 Å². The first-order chi connectivity index (χ1) is 7.61. The van der Waals surface area contributed by atoms with Crippen molar-refractivity contribution in [1.82, 2.24) is 9.88 Å². The van der Waals surface area contributed by atoms with E-state index in [1.54, 1.807) is 11.1 Å². The van der Waals surface area contributed by atoms with E-state index in [2.05, 4.69) is 22.1 Å². The summed E-state index contributed by atoms with van der Waals surface area (Å²) < 4.78 is 0. The average Bonchev–Trinajstić information content (AvgIpc) is 2.61.